The van der Waals surface area contributed by atoms with Crippen molar-refractivity contribution in [3.63, 3.8) is 0 Å². The number of esters is 1. The summed E-state index contributed by atoms with van der Waals surface area (Å²) in [7, 11) is -4.04. The number of amides is 2. The fourth-order valence-corrected chi connectivity index (χ4v) is 6.38. The molecular formula is C30H27Cl3N4O7S. The van der Waals surface area contributed by atoms with Crippen LogP contribution >= 0.6 is 34.8 Å². The molecule has 0 spiro atoms. The maximum absolute atomic E-state index is 13.3. The van der Waals surface area contributed by atoms with E-state index in [4.69, 9.17) is 39.5 Å². The van der Waals surface area contributed by atoms with E-state index < -0.39 is 38.6 Å². The van der Waals surface area contributed by atoms with Gasteiger partial charge in [0.1, 0.15) is 11.0 Å². The highest BCUT2D eigenvalue weighted by atomic mass is 35.5. The number of nitrogens with zero attached hydrogens (tertiary/aromatic N) is 2. The van der Waals surface area contributed by atoms with E-state index in [1.54, 1.807) is 32.0 Å². The first kappa shape index (κ1) is 33.8. The smallest absolute Gasteiger partial charge is 0.359 e. The van der Waals surface area contributed by atoms with Gasteiger partial charge in [-0.15, -0.1) is 0 Å². The van der Waals surface area contributed by atoms with Crippen molar-refractivity contribution in [2.75, 3.05) is 17.2 Å². The van der Waals surface area contributed by atoms with Crippen LogP contribution < -0.4 is 10.6 Å². The summed E-state index contributed by atoms with van der Waals surface area (Å²) in [6.07, 6.45) is 1.24. The molecule has 15 heteroatoms. The number of halogens is 3. The SMILES string of the molecule is CCOC(=O)c1nn(-c2ccc(Cl)c(Cl)c2)cc1C(=O)Nc1cc(Cl)c(NC(=O)C(CC)S(=O)(=O)c2ccc(C)cc2)cc1O. The van der Waals surface area contributed by atoms with Crippen LogP contribution in [0.2, 0.25) is 15.1 Å². The summed E-state index contributed by atoms with van der Waals surface area (Å²) < 4.78 is 32.6. The number of phenols is 1. The van der Waals surface area contributed by atoms with Gasteiger partial charge in [0.25, 0.3) is 5.91 Å². The summed E-state index contributed by atoms with van der Waals surface area (Å²) in [5, 5.41) is 18.8. The van der Waals surface area contributed by atoms with Crippen LogP contribution in [0.15, 0.2) is 65.7 Å². The Labute approximate surface area is 274 Å². The van der Waals surface area contributed by atoms with Crippen LogP contribution in [0.4, 0.5) is 11.4 Å². The van der Waals surface area contributed by atoms with E-state index in [2.05, 4.69) is 15.7 Å². The molecule has 3 N–H and O–H groups in total. The van der Waals surface area contributed by atoms with Crippen molar-refractivity contribution in [3.8, 4) is 11.4 Å². The third kappa shape index (κ3) is 7.42. The zero-order valence-electron chi connectivity index (χ0n) is 24.1. The Morgan fingerprint density at radius 2 is 1.62 bits per heavy atom. The first-order chi connectivity index (χ1) is 21.3. The second kappa shape index (κ2) is 13.9. The molecule has 11 nitrogen and oxygen atoms in total. The van der Waals surface area contributed by atoms with Crippen molar-refractivity contribution in [1.82, 2.24) is 9.78 Å². The zero-order chi connectivity index (χ0) is 33.1. The monoisotopic (exact) mass is 692 g/mol. The van der Waals surface area contributed by atoms with E-state index in [0.717, 1.165) is 17.7 Å². The number of anilines is 2. The first-order valence-corrected chi connectivity index (χ1v) is 16.1. The van der Waals surface area contributed by atoms with Crippen molar-refractivity contribution in [2.24, 2.45) is 0 Å². The Kier molecular flexibility index (Phi) is 10.4. The quantitative estimate of drug-likeness (QED) is 0.126. The summed E-state index contributed by atoms with van der Waals surface area (Å²) in [4.78, 5) is 39.0. The largest absolute Gasteiger partial charge is 0.506 e. The van der Waals surface area contributed by atoms with Crippen molar-refractivity contribution in [1.29, 1.82) is 0 Å². The minimum atomic E-state index is -4.04. The van der Waals surface area contributed by atoms with Crippen molar-refractivity contribution >= 4 is 73.8 Å². The normalized spacial score (nSPS) is 12.0. The molecule has 4 aromatic rings. The highest BCUT2D eigenvalue weighted by molar-refractivity contribution is 7.92. The van der Waals surface area contributed by atoms with E-state index >= 15 is 0 Å². The van der Waals surface area contributed by atoms with Gasteiger partial charge in [0, 0.05) is 12.3 Å². The molecule has 45 heavy (non-hydrogen) atoms. The number of hydrogen-bond donors (Lipinski definition) is 3. The lowest BCUT2D eigenvalue weighted by atomic mass is 10.2. The predicted octanol–water partition coefficient (Wildman–Crippen LogP) is 6.47. The maximum Gasteiger partial charge on any atom is 0.359 e. The van der Waals surface area contributed by atoms with Gasteiger partial charge in [-0.1, -0.05) is 59.4 Å². The fraction of sp³-hybridized carbons (Fsp3) is 0.200. The molecule has 0 saturated carbocycles. The first-order valence-electron chi connectivity index (χ1n) is 13.4. The van der Waals surface area contributed by atoms with Gasteiger partial charge in [0.05, 0.1) is 49.2 Å². The third-order valence-electron chi connectivity index (χ3n) is 6.57. The molecule has 0 radical (unpaired) electrons. The molecule has 0 aliphatic heterocycles. The van der Waals surface area contributed by atoms with Crippen LogP contribution in [0.5, 0.6) is 5.75 Å². The molecule has 0 fully saturated rings. The van der Waals surface area contributed by atoms with Crippen LogP contribution in [-0.2, 0) is 19.4 Å². The van der Waals surface area contributed by atoms with Gasteiger partial charge in [0.15, 0.2) is 15.5 Å². The van der Waals surface area contributed by atoms with Crippen LogP contribution in [-0.4, -0.2) is 52.9 Å². The van der Waals surface area contributed by atoms with Crippen LogP contribution in [0.25, 0.3) is 5.69 Å². The highest BCUT2D eigenvalue weighted by Crippen LogP contribution is 2.35. The molecule has 4 rings (SSSR count). The van der Waals surface area contributed by atoms with Crippen LogP contribution in [0.1, 0.15) is 46.7 Å². The third-order valence-corrected chi connectivity index (χ3v) is 9.85. The minimum Gasteiger partial charge on any atom is -0.506 e. The number of hydrogen-bond acceptors (Lipinski definition) is 8. The second-order valence-corrected chi connectivity index (χ2v) is 13.1. The number of aromatic hydroxyl groups is 1. The Balaban J connectivity index is 1.59. The Morgan fingerprint density at radius 3 is 2.24 bits per heavy atom. The number of aryl methyl sites for hydroxylation is 1. The zero-order valence-corrected chi connectivity index (χ0v) is 27.2. The standard InChI is InChI=1S/C30H27Cl3N4O7S/c1-4-26(45(42,43)18-9-6-16(3)7-10-18)29(40)34-23-14-25(38)24(13-22(23)33)35-28(39)19-15-37(36-27(19)30(41)44-5-2)17-8-11-20(31)21(32)12-17/h6-15,26,38H,4-5H2,1-3H3,(H,34,40)(H,35,39). The number of carbonyl (C=O) groups is 3. The van der Waals surface area contributed by atoms with Gasteiger partial charge in [0.2, 0.25) is 5.91 Å². The predicted molar refractivity (Wildman–Crippen MR) is 172 cm³/mol. The van der Waals surface area contributed by atoms with Gasteiger partial charge in [-0.2, -0.15) is 5.10 Å². The lowest BCUT2D eigenvalue weighted by molar-refractivity contribution is -0.115. The Bertz CT molecular complexity index is 1890. The van der Waals surface area contributed by atoms with E-state index in [0.29, 0.717) is 10.7 Å². The molecule has 0 saturated heterocycles. The molecule has 0 aliphatic rings. The summed E-state index contributed by atoms with van der Waals surface area (Å²) in [5.74, 6) is -3.08. The maximum atomic E-state index is 13.3. The molecule has 0 aliphatic carbocycles. The molecular weight excluding hydrogens is 667 g/mol. The lowest BCUT2D eigenvalue weighted by Crippen LogP contribution is -2.34. The van der Waals surface area contributed by atoms with Gasteiger partial charge in [-0.3, -0.25) is 9.59 Å². The number of benzene rings is 3. The minimum absolute atomic E-state index is 0.00762. The number of aromatic nitrogens is 2. The van der Waals surface area contributed by atoms with Gasteiger partial charge in [-0.25, -0.2) is 17.9 Å². The second-order valence-electron chi connectivity index (χ2n) is 9.70. The summed E-state index contributed by atoms with van der Waals surface area (Å²) in [6.45, 7) is 4.98. The number of nitrogens with one attached hydrogen (secondary N) is 2. The molecule has 1 heterocycles. The van der Waals surface area contributed by atoms with Crippen LogP contribution in [0.3, 0.4) is 0 Å². The highest BCUT2D eigenvalue weighted by Gasteiger charge is 2.33. The molecule has 3 aromatic carbocycles. The Hall–Kier alpha value is -4.10. The lowest BCUT2D eigenvalue weighted by Gasteiger charge is -2.17. The number of phenolic OH excluding ortho intramolecular Hbond substituents is 1. The molecule has 1 aromatic heterocycles. The van der Waals surface area contributed by atoms with Crippen molar-refractivity contribution in [3.05, 3.63) is 92.7 Å². The average molecular weight is 694 g/mol. The Morgan fingerprint density at radius 1 is 0.933 bits per heavy atom. The molecule has 236 valence electrons. The van der Waals surface area contributed by atoms with E-state index in [1.165, 1.54) is 35.1 Å². The van der Waals surface area contributed by atoms with Crippen molar-refractivity contribution < 1.29 is 32.6 Å². The fourth-order valence-electron chi connectivity index (χ4n) is 4.25. The van der Waals surface area contributed by atoms with Gasteiger partial charge in [-0.05, 0) is 56.7 Å². The summed E-state index contributed by atoms with van der Waals surface area (Å²) in [5.41, 5.74) is 0.497. The molecule has 2 amide bonds. The summed E-state index contributed by atoms with van der Waals surface area (Å²) in [6, 6.07) is 12.9. The van der Waals surface area contributed by atoms with E-state index in [1.807, 2.05) is 6.92 Å². The van der Waals surface area contributed by atoms with E-state index in [9.17, 15) is 27.9 Å². The topological polar surface area (TPSA) is 157 Å². The van der Waals surface area contributed by atoms with Crippen LogP contribution in [0, 0.1) is 6.92 Å². The van der Waals surface area contributed by atoms with Crippen molar-refractivity contribution in [2.45, 2.75) is 37.3 Å². The summed E-state index contributed by atoms with van der Waals surface area (Å²) >= 11 is 18.5. The molecule has 1 atom stereocenters. The number of sulfone groups is 1. The van der Waals surface area contributed by atoms with E-state index in [-0.39, 0.29) is 50.6 Å². The molecule has 0 bridgehead atoms. The number of rotatable bonds is 10. The van der Waals surface area contributed by atoms with Gasteiger partial charge < -0.3 is 20.5 Å². The molecule has 1 unspecified atom stereocenters. The number of carbonyl (C=O) groups excluding carboxylic acids is 3. The van der Waals surface area contributed by atoms with Gasteiger partial charge >= 0.3 is 5.97 Å². The number of ether oxygens (including phenoxy) is 1. The average Bonchev–Trinajstić information content (AvgIpc) is 3.44.